The minimum atomic E-state index is 0.341. The van der Waals surface area contributed by atoms with Crippen LogP contribution in [0.15, 0.2) is 42.6 Å². The summed E-state index contributed by atoms with van der Waals surface area (Å²) in [7, 11) is 1.73. The van der Waals surface area contributed by atoms with E-state index in [4.69, 9.17) is 4.74 Å². The smallest absolute Gasteiger partial charge is 0.0667 e. The quantitative estimate of drug-likeness (QED) is 0.732. The molecule has 1 rings (SSSR count). The lowest BCUT2D eigenvalue weighted by Gasteiger charge is -2.27. The molecule has 1 atom stereocenters. The predicted octanol–water partition coefficient (Wildman–Crippen LogP) is 3.06. The second kappa shape index (κ2) is 6.25. The van der Waals surface area contributed by atoms with Gasteiger partial charge in [-0.25, -0.2) is 0 Å². The van der Waals surface area contributed by atoms with Gasteiger partial charge in [0.25, 0.3) is 0 Å². The standard InChI is InChI=1S/C13H19NO/c1-4-10-14(12(2)11-15-3)13-8-6-5-7-9-13/h4-10,12H,11H2,1-3H3/b10-4+. The number of allylic oxidation sites excluding steroid dienone is 1. The van der Waals surface area contributed by atoms with Crippen LogP contribution in [-0.2, 0) is 4.74 Å². The molecule has 0 amide bonds. The van der Waals surface area contributed by atoms with E-state index in [9.17, 15) is 0 Å². The Morgan fingerprint density at radius 2 is 2.00 bits per heavy atom. The van der Waals surface area contributed by atoms with Gasteiger partial charge in [-0.2, -0.15) is 0 Å². The number of nitrogens with zero attached hydrogens (tertiary/aromatic N) is 1. The van der Waals surface area contributed by atoms with E-state index in [0.717, 1.165) is 6.61 Å². The fourth-order valence-electron chi connectivity index (χ4n) is 1.57. The number of hydrogen-bond donors (Lipinski definition) is 0. The van der Waals surface area contributed by atoms with Gasteiger partial charge in [-0.3, -0.25) is 0 Å². The van der Waals surface area contributed by atoms with Crippen LogP contribution in [0.5, 0.6) is 0 Å². The Morgan fingerprint density at radius 3 is 2.53 bits per heavy atom. The number of hydrogen-bond acceptors (Lipinski definition) is 2. The van der Waals surface area contributed by atoms with Gasteiger partial charge in [0, 0.05) is 19.0 Å². The van der Waals surface area contributed by atoms with Crippen LogP contribution in [0.4, 0.5) is 5.69 Å². The van der Waals surface area contributed by atoms with E-state index in [1.165, 1.54) is 5.69 Å². The summed E-state index contributed by atoms with van der Waals surface area (Å²) in [6.07, 6.45) is 4.12. The molecule has 0 bridgehead atoms. The third kappa shape index (κ3) is 3.40. The molecular formula is C13H19NO. The molecule has 2 heteroatoms. The largest absolute Gasteiger partial charge is 0.383 e. The van der Waals surface area contributed by atoms with E-state index in [2.05, 4.69) is 30.2 Å². The third-order valence-corrected chi connectivity index (χ3v) is 2.25. The molecule has 0 heterocycles. The zero-order valence-electron chi connectivity index (χ0n) is 9.68. The molecule has 15 heavy (non-hydrogen) atoms. The molecule has 0 aliphatic carbocycles. The first kappa shape index (κ1) is 11.8. The highest BCUT2D eigenvalue weighted by Gasteiger charge is 2.10. The lowest BCUT2D eigenvalue weighted by molar-refractivity contribution is 0.184. The molecule has 0 radical (unpaired) electrons. The van der Waals surface area contributed by atoms with Crippen molar-refractivity contribution in [3.8, 4) is 0 Å². The number of benzene rings is 1. The topological polar surface area (TPSA) is 12.5 Å². The molecule has 82 valence electrons. The average Bonchev–Trinajstić information content (AvgIpc) is 2.27. The van der Waals surface area contributed by atoms with E-state index >= 15 is 0 Å². The van der Waals surface area contributed by atoms with Crippen LogP contribution >= 0.6 is 0 Å². The number of ether oxygens (including phenoxy) is 1. The zero-order chi connectivity index (χ0) is 11.1. The zero-order valence-corrected chi connectivity index (χ0v) is 9.68. The summed E-state index contributed by atoms with van der Waals surface area (Å²) in [6.45, 7) is 4.89. The van der Waals surface area contributed by atoms with Crippen molar-refractivity contribution >= 4 is 5.69 Å². The molecule has 0 saturated heterocycles. The lowest BCUT2D eigenvalue weighted by atomic mass is 10.2. The van der Waals surface area contributed by atoms with E-state index in [0.29, 0.717) is 6.04 Å². The maximum Gasteiger partial charge on any atom is 0.0667 e. The van der Waals surface area contributed by atoms with E-state index < -0.39 is 0 Å². The maximum absolute atomic E-state index is 5.18. The van der Waals surface area contributed by atoms with Crippen molar-refractivity contribution < 1.29 is 4.74 Å². The third-order valence-electron chi connectivity index (χ3n) is 2.25. The number of para-hydroxylation sites is 1. The van der Waals surface area contributed by atoms with Crippen molar-refractivity contribution in [1.29, 1.82) is 0 Å². The molecule has 0 aliphatic rings. The summed E-state index contributed by atoms with van der Waals surface area (Å²) in [5, 5.41) is 0. The van der Waals surface area contributed by atoms with Gasteiger partial charge in [-0.05, 0) is 26.0 Å². The molecule has 0 aromatic heterocycles. The van der Waals surface area contributed by atoms with Crippen molar-refractivity contribution in [2.75, 3.05) is 18.6 Å². The van der Waals surface area contributed by atoms with Crippen LogP contribution in [0, 0.1) is 0 Å². The molecule has 0 spiro atoms. The normalized spacial score (nSPS) is 13.0. The highest BCUT2D eigenvalue weighted by molar-refractivity contribution is 5.49. The van der Waals surface area contributed by atoms with Crippen LogP contribution in [-0.4, -0.2) is 19.8 Å². The van der Waals surface area contributed by atoms with Crippen molar-refractivity contribution in [2.24, 2.45) is 0 Å². The van der Waals surface area contributed by atoms with Crippen molar-refractivity contribution in [3.05, 3.63) is 42.6 Å². The van der Waals surface area contributed by atoms with Crippen LogP contribution in [0.2, 0.25) is 0 Å². The van der Waals surface area contributed by atoms with Crippen LogP contribution in [0.25, 0.3) is 0 Å². The van der Waals surface area contributed by atoms with Crippen molar-refractivity contribution in [1.82, 2.24) is 0 Å². The average molecular weight is 205 g/mol. The van der Waals surface area contributed by atoms with Crippen LogP contribution < -0.4 is 4.90 Å². The fraction of sp³-hybridized carbons (Fsp3) is 0.385. The number of methoxy groups -OCH3 is 1. The summed E-state index contributed by atoms with van der Waals surface area (Å²) in [5.74, 6) is 0. The minimum absolute atomic E-state index is 0.341. The maximum atomic E-state index is 5.18. The highest BCUT2D eigenvalue weighted by atomic mass is 16.5. The summed E-state index contributed by atoms with van der Waals surface area (Å²) in [4.78, 5) is 2.21. The first-order chi connectivity index (χ1) is 7.29. The molecule has 1 aromatic rings. The monoisotopic (exact) mass is 205 g/mol. The van der Waals surface area contributed by atoms with E-state index in [1.54, 1.807) is 7.11 Å². The van der Waals surface area contributed by atoms with Gasteiger partial charge in [-0.15, -0.1) is 0 Å². The molecule has 0 aliphatic heterocycles. The summed E-state index contributed by atoms with van der Waals surface area (Å²) in [5.41, 5.74) is 1.19. The molecule has 1 aromatic carbocycles. The van der Waals surface area contributed by atoms with Crippen molar-refractivity contribution in [3.63, 3.8) is 0 Å². The first-order valence-corrected chi connectivity index (χ1v) is 5.24. The Kier molecular flexibility index (Phi) is 4.91. The Labute approximate surface area is 92.2 Å². The summed E-state index contributed by atoms with van der Waals surface area (Å²) >= 11 is 0. The minimum Gasteiger partial charge on any atom is -0.383 e. The first-order valence-electron chi connectivity index (χ1n) is 5.24. The van der Waals surface area contributed by atoms with Gasteiger partial charge in [0.05, 0.1) is 12.6 Å². The lowest BCUT2D eigenvalue weighted by Crippen LogP contribution is -2.31. The molecular weight excluding hydrogens is 186 g/mol. The van der Waals surface area contributed by atoms with Gasteiger partial charge < -0.3 is 9.64 Å². The van der Waals surface area contributed by atoms with E-state index in [1.807, 2.05) is 31.2 Å². The second-order valence-electron chi connectivity index (χ2n) is 3.53. The highest BCUT2D eigenvalue weighted by Crippen LogP contribution is 2.16. The number of anilines is 1. The van der Waals surface area contributed by atoms with Gasteiger partial charge in [0.2, 0.25) is 0 Å². The van der Waals surface area contributed by atoms with Crippen LogP contribution in [0.1, 0.15) is 13.8 Å². The van der Waals surface area contributed by atoms with Gasteiger partial charge in [-0.1, -0.05) is 24.3 Å². The Hall–Kier alpha value is -1.28. The molecule has 2 nitrogen and oxygen atoms in total. The Balaban J connectivity index is 2.83. The van der Waals surface area contributed by atoms with Gasteiger partial charge in [0.15, 0.2) is 0 Å². The summed E-state index contributed by atoms with van der Waals surface area (Å²) in [6, 6.07) is 10.7. The molecule has 1 unspecified atom stereocenters. The van der Waals surface area contributed by atoms with Crippen molar-refractivity contribution in [2.45, 2.75) is 19.9 Å². The number of rotatable bonds is 5. The fourth-order valence-corrected chi connectivity index (χ4v) is 1.57. The summed E-state index contributed by atoms with van der Waals surface area (Å²) < 4.78 is 5.18. The predicted molar refractivity (Wildman–Crippen MR) is 65.1 cm³/mol. The van der Waals surface area contributed by atoms with E-state index in [-0.39, 0.29) is 0 Å². The Morgan fingerprint density at radius 1 is 1.33 bits per heavy atom. The van der Waals surface area contributed by atoms with Gasteiger partial charge in [0.1, 0.15) is 0 Å². The van der Waals surface area contributed by atoms with Crippen LogP contribution in [0.3, 0.4) is 0 Å². The molecule has 0 saturated carbocycles. The Bertz CT molecular complexity index is 295. The SMILES string of the molecule is C/C=C/N(c1ccccc1)C(C)COC. The second-order valence-corrected chi connectivity index (χ2v) is 3.53. The molecule has 0 N–H and O–H groups in total. The molecule has 0 fully saturated rings. The van der Waals surface area contributed by atoms with Gasteiger partial charge >= 0.3 is 0 Å².